The molecule has 3 aromatic carbocycles. The smallest absolute Gasteiger partial charge is 0.338 e. The first kappa shape index (κ1) is 23.9. The summed E-state index contributed by atoms with van der Waals surface area (Å²) in [6.45, 7) is 1.20. The summed E-state index contributed by atoms with van der Waals surface area (Å²) in [6.07, 6.45) is 0. The van der Waals surface area contributed by atoms with E-state index in [0.29, 0.717) is 11.8 Å². The van der Waals surface area contributed by atoms with Crippen LogP contribution in [0.5, 0.6) is 0 Å². The summed E-state index contributed by atoms with van der Waals surface area (Å²) in [6, 6.07) is 16.3. The van der Waals surface area contributed by atoms with E-state index in [4.69, 9.17) is 4.74 Å². The highest BCUT2D eigenvalue weighted by Gasteiger charge is 2.24. The molecule has 172 valence electrons. The molecule has 0 heterocycles. The lowest BCUT2D eigenvalue weighted by Crippen LogP contribution is -2.30. The summed E-state index contributed by atoms with van der Waals surface area (Å²) in [7, 11) is -3.86. The van der Waals surface area contributed by atoms with Crippen LogP contribution in [-0.2, 0) is 19.6 Å². The summed E-state index contributed by atoms with van der Waals surface area (Å²) in [5.41, 5.74) is 0.274. The Labute approximate surface area is 189 Å². The minimum Gasteiger partial charge on any atom is -0.452 e. The van der Waals surface area contributed by atoms with Crippen molar-refractivity contribution in [3.05, 3.63) is 90.0 Å². The van der Waals surface area contributed by atoms with E-state index >= 15 is 0 Å². The van der Waals surface area contributed by atoms with Gasteiger partial charge in [0.2, 0.25) is 0 Å². The molecule has 33 heavy (non-hydrogen) atoms. The summed E-state index contributed by atoms with van der Waals surface area (Å²) >= 11 is 0. The Morgan fingerprint density at radius 2 is 1.64 bits per heavy atom. The van der Waals surface area contributed by atoms with Crippen LogP contribution >= 0.6 is 0 Å². The Balaban J connectivity index is 1.64. The molecule has 0 aliphatic heterocycles. The van der Waals surface area contributed by atoms with Crippen molar-refractivity contribution in [3.63, 3.8) is 0 Å². The van der Waals surface area contributed by atoms with E-state index in [9.17, 15) is 26.8 Å². The molecule has 1 amide bonds. The van der Waals surface area contributed by atoms with Crippen molar-refractivity contribution in [3.8, 4) is 0 Å². The number of carbonyl (C=O) groups is 2. The van der Waals surface area contributed by atoms with Crippen LogP contribution < -0.4 is 9.62 Å². The molecule has 0 radical (unpaired) electrons. The molecule has 0 fully saturated rings. The highest BCUT2D eigenvalue weighted by molar-refractivity contribution is 7.92. The van der Waals surface area contributed by atoms with Crippen molar-refractivity contribution in [2.45, 2.75) is 11.8 Å². The minimum atomic E-state index is -3.86. The molecule has 0 atom stereocenters. The van der Waals surface area contributed by atoms with Gasteiger partial charge in [0.05, 0.1) is 21.8 Å². The Morgan fingerprint density at radius 3 is 2.24 bits per heavy atom. The number of esters is 1. The van der Waals surface area contributed by atoms with Crippen molar-refractivity contribution in [1.82, 2.24) is 0 Å². The Hall–Kier alpha value is -3.79. The molecule has 0 aromatic heterocycles. The molecule has 3 rings (SSSR count). The Kier molecular flexibility index (Phi) is 7.39. The first-order chi connectivity index (χ1) is 15.7. The van der Waals surface area contributed by atoms with E-state index in [1.165, 1.54) is 28.6 Å². The predicted octanol–water partition coefficient (Wildman–Crippen LogP) is 3.98. The number of halogens is 2. The second kappa shape index (κ2) is 10.2. The number of para-hydroxylation sites is 1. The molecule has 0 bridgehead atoms. The van der Waals surface area contributed by atoms with Gasteiger partial charge in [-0.3, -0.25) is 9.10 Å². The normalized spacial score (nSPS) is 11.0. The molecule has 1 N–H and O–H groups in total. The van der Waals surface area contributed by atoms with Crippen LogP contribution in [0.25, 0.3) is 0 Å². The summed E-state index contributed by atoms with van der Waals surface area (Å²) in [4.78, 5) is 24.1. The third-order valence-corrected chi connectivity index (χ3v) is 6.47. The number of sulfonamides is 1. The van der Waals surface area contributed by atoms with Gasteiger partial charge in [-0.1, -0.05) is 18.2 Å². The van der Waals surface area contributed by atoms with E-state index in [1.54, 1.807) is 37.3 Å². The zero-order valence-electron chi connectivity index (χ0n) is 17.5. The Bertz CT molecular complexity index is 1250. The zero-order chi connectivity index (χ0) is 24.0. The highest BCUT2D eigenvalue weighted by atomic mass is 32.2. The number of carbonyl (C=O) groups excluding carboxylic acids is 2. The molecule has 0 aliphatic rings. The van der Waals surface area contributed by atoms with E-state index in [2.05, 4.69) is 5.32 Å². The SMILES string of the molecule is CCN(c1ccccc1)S(=O)(=O)c1ccc(C(=O)OCC(=O)Nc2ccc(F)cc2F)cc1. The maximum absolute atomic E-state index is 13.6. The van der Waals surface area contributed by atoms with Crippen LogP contribution in [0, 0.1) is 11.6 Å². The first-order valence-electron chi connectivity index (χ1n) is 9.82. The fourth-order valence-corrected chi connectivity index (χ4v) is 4.44. The topological polar surface area (TPSA) is 92.8 Å². The van der Waals surface area contributed by atoms with Crippen LogP contribution in [0.1, 0.15) is 17.3 Å². The average molecular weight is 474 g/mol. The molecular formula is C23H20F2N2O5S. The van der Waals surface area contributed by atoms with E-state index in [-0.39, 0.29) is 22.7 Å². The second-order valence-corrected chi connectivity index (χ2v) is 8.64. The second-order valence-electron chi connectivity index (χ2n) is 6.78. The van der Waals surface area contributed by atoms with E-state index < -0.39 is 40.1 Å². The largest absolute Gasteiger partial charge is 0.452 e. The molecule has 3 aromatic rings. The van der Waals surface area contributed by atoms with Crippen LogP contribution in [0.15, 0.2) is 77.7 Å². The fourth-order valence-electron chi connectivity index (χ4n) is 2.97. The number of ether oxygens (including phenoxy) is 1. The molecule has 0 spiro atoms. The first-order valence-corrected chi connectivity index (χ1v) is 11.3. The van der Waals surface area contributed by atoms with Gasteiger partial charge in [-0.05, 0) is 55.5 Å². The van der Waals surface area contributed by atoms with Crippen LogP contribution in [-0.4, -0.2) is 33.4 Å². The van der Waals surface area contributed by atoms with Gasteiger partial charge >= 0.3 is 5.97 Å². The van der Waals surface area contributed by atoms with Crippen molar-refractivity contribution in [2.75, 3.05) is 22.8 Å². The van der Waals surface area contributed by atoms with E-state index in [1.807, 2.05) is 0 Å². The predicted molar refractivity (Wildman–Crippen MR) is 118 cm³/mol. The van der Waals surface area contributed by atoms with Crippen molar-refractivity contribution < 1.29 is 31.5 Å². The lowest BCUT2D eigenvalue weighted by Gasteiger charge is -2.22. The van der Waals surface area contributed by atoms with Gasteiger partial charge in [-0.15, -0.1) is 0 Å². The zero-order valence-corrected chi connectivity index (χ0v) is 18.3. The van der Waals surface area contributed by atoms with Gasteiger partial charge in [-0.25, -0.2) is 22.0 Å². The maximum atomic E-state index is 13.6. The number of hydrogen-bond acceptors (Lipinski definition) is 5. The number of nitrogens with one attached hydrogen (secondary N) is 1. The third kappa shape index (κ3) is 5.72. The van der Waals surface area contributed by atoms with Crippen LogP contribution in [0.2, 0.25) is 0 Å². The van der Waals surface area contributed by atoms with Gasteiger partial charge in [0.15, 0.2) is 6.61 Å². The molecular weight excluding hydrogens is 454 g/mol. The molecule has 0 saturated carbocycles. The maximum Gasteiger partial charge on any atom is 0.338 e. The summed E-state index contributed by atoms with van der Waals surface area (Å²) in [5.74, 6) is -3.46. The molecule has 0 unspecified atom stereocenters. The molecule has 0 aliphatic carbocycles. The van der Waals surface area contributed by atoms with Gasteiger partial charge in [-0.2, -0.15) is 0 Å². The standard InChI is InChI=1S/C23H20F2N2O5S/c1-2-27(18-6-4-3-5-7-18)33(30,31)19-11-8-16(9-12-19)23(29)32-15-22(28)26-21-13-10-17(24)14-20(21)25/h3-14H,2,15H2,1H3,(H,26,28). The number of benzene rings is 3. The molecule has 0 saturated heterocycles. The third-order valence-electron chi connectivity index (χ3n) is 4.55. The monoisotopic (exact) mass is 474 g/mol. The van der Waals surface area contributed by atoms with Gasteiger partial charge in [0.1, 0.15) is 11.6 Å². The number of rotatable bonds is 8. The highest BCUT2D eigenvalue weighted by Crippen LogP contribution is 2.23. The van der Waals surface area contributed by atoms with Gasteiger partial charge in [0.25, 0.3) is 15.9 Å². The fraction of sp³-hybridized carbons (Fsp3) is 0.130. The minimum absolute atomic E-state index is 0.0192. The number of anilines is 2. The number of amides is 1. The van der Waals surface area contributed by atoms with Crippen LogP contribution in [0.4, 0.5) is 20.2 Å². The quantitative estimate of drug-likeness (QED) is 0.499. The van der Waals surface area contributed by atoms with Gasteiger partial charge in [0, 0.05) is 12.6 Å². The lowest BCUT2D eigenvalue weighted by molar-refractivity contribution is -0.119. The summed E-state index contributed by atoms with van der Waals surface area (Å²) in [5, 5.41) is 2.17. The van der Waals surface area contributed by atoms with Gasteiger partial charge < -0.3 is 10.1 Å². The van der Waals surface area contributed by atoms with Crippen molar-refractivity contribution >= 4 is 33.3 Å². The van der Waals surface area contributed by atoms with Crippen molar-refractivity contribution in [2.24, 2.45) is 0 Å². The Morgan fingerprint density at radius 1 is 0.970 bits per heavy atom. The molecule has 10 heteroatoms. The average Bonchev–Trinajstić information content (AvgIpc) is 2.80. The summed E-state index contributed by atoms with van der Waals surface area (Å²) < 4.78 is 58.6. The van der Waals surface area contributed by atoms with Crippen molar-refractivity contribution in [1.29, 1.82) is 0 Å². The van der Waals surface area contributed by atoms with Crippen LogP contribution in [0.3, 0.4) is 0 Å². The van der Waals surface area contributed by atoms with E-state index in [0.717, 1.165) is 12.1 Å². The number of hydrogen-bond donors (Lipinski definition) is 1. The number of nitrogens with zero attached hydrogens (tertiary/aromatic N) is 1. The lowest BCUT2D eigenvalue weighted by atomic mass is 10.2. The molecule has 7 nitrogen and oxygen atoms in total.